The Balaban J connectivity index is 1.52. The molecule has 30 heavy (non-hydrogen) atoms. The molecule has 4 rings (SSSR count). The van der Waals surface area contributed by atoms with Gasteiger partial charge in [-0.25, -0.2) is 4.98 Å². The van der Waals surface area contributed by atoms with Gasteiger partial charge in [0.1, 0.15) is 0 Å². The minimum absolute atomic E-state index is 0.216. The van der Waals surface area contributed by atoms with Crippen LogP contribution < -0.4 is 16.4 Å². The predicted molar refractivity (Wildman–Crippen MR) is 120 cm³/mol. The second-order valence-electron chi connectivity index (χ2n) is 6.81. The fourth-order valence-corrected chi connectivity index (χ4v) is 3.22. The Morgan fingerprint density at radius 3 is 2.53 bits per heavy atom. The molecule has 1 heterocycles. The number of imidazole rings is 1. The van der Waals surface area contributed by atoms with Gasteiger partial charge in [0.25, 0.3) is 5.91 Å². The minimum atomic E-state index is -0.216. The molecule has 4 aromatic rings. The van der Waals surface area contributed by atoms with Crippen molar-refractivity contribution in [3.63, 3.8) is 0 Å². The van der Waals surface area contributed by atoms with Gasteiger partial charge >= 0.3 is 0 Å². The molecule has 0 fully saturated rings. The monoisotopic (exact) mass is 401 g/mol. The maximum Gasteiger partial charge on any atom is 0.255 e. The number of methoxy groups -OCH3 is 1. The number of fused-ring (bicyclic) bond motifs is 1. The van der Waals surface area contributed by atoms with Gasteiger partial charge in [0, 0.05) is 24.9 Å². The molecule has 0 aliphatic carbocycles. The van der Waals surface area contributed by atoms with Crippen LogP contribution in [0.3, 0.4) is 0 Å². The number of ether oxygens (including phenoxy) is 1. The van der Waals surface area contributed by atoms with Crippen LogP contribution in [-0.2, 0) is 11.3 Å². The highest BCUT2D eigenvalue weighted by Crippen LogP contribution is 2.23. The molecule has 7 nitrogen and oxygen atoms in total. The summed E-state index contributed by atoms with van der Waals surface area (Å²) in [4.78, 5) is 17.2. The van der Waals surface area contributed by atoms with Gasteiger partial charge < -0.3 is 25.7 Å². The number of hydrogen-bond donors (Lipinski definition) is 3. The van der Waals surface area contributed by atoms with Crippen LogP contribution in [0.1, 0.15) is 10.4 Å². The molecule has 3 aromatic carbocycles. The van der Waals surface area contributed by atoms with Gasteiger partial charge in [0.15, 0.2) is 0 Å². The number of aromatic nitrogens is 2. The molecule has 0 aliphatic heterocycles. The molecule has 0 saturated carbocycles. The molecule has 0 aliphatic rings. The van der Waals surface area contributed by atoms with Crippen LogP contribution in [0.15, 0.2) is 72.8 Å². The number of carbonyl (C=O) groups is 1. The van der Waals surface area contributed by atoms with Crippen LogP contribution in [0.4, 0.5) is 23.0 Å². The fraction of sp³-hybridized carbons (Fsp3) is 0.130. The molecule has 152 valence electrons. The number of carbonyl (C=O) groups excluding carboxylic acids is 1. The molecule has 0 radical (unpaired) electrons. The Bertz CT molecular complexity index is 1170. The second-order valence-corrected chi connectivity index (χ2v) is 6.81. The Labute approximate surface area is 174 Å². The number of hydrogen-bond acceptors (Lipinski definition) is 5. The summed E-state index contributed by atoms with van der Waals surface area (Å²) in [7, 11) is 1.68. The van der Waals surface area contributed by atoms with Gasteiger partial charge in [0.2, 0.25) is 5.95 Å². The first-order chi connectivity index (χ1) is 14.7. The third kappa shape index (κ3) is 4.11. The van der Waals surface area contributed by atoms with Gasteiger partial charge in [-0.05, 0) is 48.5 Å². The molecular formula is C23H23N5O2. The van der Waals surface area contributed by atoms with Crippen LogP contribution >= 0.6 is 0 Å². The first-order valence-corrected chi connectivity index (χ1v) is 9.63. The second kappa shape index (κ2) is 8.67. The van der Waals surface area contributed by atoms with E-state index in [1.54, 1.807) is 31.4 Å². The normalized spacial score (nSPS) is 10.8. The zero-order chi connectivity index (χ0) is 20.9. The number of nitrogens with zero attached hydrogens (tertiary/aromatic N) is 2. The average Bonchev–Trinajstić information content (AvgIpc) is 3.11. The quantitative estimate of drug-likeness (QED) is 0.402. The Hall–Kier alpha value is -3.84. The predicted octanol–water partition coefficient (Wildman–Crippen LogP) is 4.26. The van der Waals surface area contributed by atoms with E-state index in [9.17, 15) is 4.79 Å². The Morgan fingerprint density at radius 1 is 1.03 bits per heavy atom. The Kier molecular flexibility index (Phi) is 5.63. The van der Waals surface area contributed by atoms with E-state index >= 15 is 0 Å². The standard InChI is InChI=1S/C23H23N5O2/c1-30-15-14-28-21-9-5-4-8-20(21)27-23(28)25-17-12-10-16(11-13-17)22(29)26-19-7-3-2-6-18(19)24/h2-13H,14-15,24H2,1H3,(H,25,27)(H,26,29). The van der Waals surface area contributed by atoms with Gasteiger partial charge in [-0.2, -0.15) is 0 Å². The maximum absolute atomic E-state index is 12.5. The molecule has 0 atom stereocenters. The van der Waals surface area contributed by atoms with Crippen LogP contribution in [0.25, 0.3) is 11.0 Å². The molecule has 1 aromatic heterocycles. The van der Waals surface area contributed by atoms with Crippen LogP contribution in [0.2, 0.25) is 0 Å². The minimum Gasteiger partial charge on any atom is -0.397 e. The third-order valence-electron chi connectivity index (χ3n) is 4.79. The van der Waals surface area contributed by atoms with E-state index in [1.807, 2.05) is 48.5 Å². The number of para-hydroxylation sites is 4. The molecule has 0 saturated heterocycles. The maximum atomic E-state index is 12.5. The largest absolute Gasteiger partial charge is 0.397 e. The van der Waals surface area contributed by atoms with Crippen molar-refractivity contribution in [2.24, 2.45) is 0 Å². The highest BCUT2D eigenvalue weighted by molar-refractivity contribution is 6.05. The van der Waals surface area contributed by atoms with Crippen molar-refractivity contribution in [1.29, 1.82) is 0 Å². The molecule has 0 unspecified atom stereocenters. The van der Waals surface area contributed by atoms with E-state index in [0.29, 0.717) is 30.1 Å². The average molecular weight is 401 g/mol. The summed E-state index contributed by atoms with van der Waals surface area (Å²) in [6, 6.07) is 22.4. The first-order valence-electron chi connectivity index (χ1n) is 9.63. The molecule has 0 bridgehead atoms. The van der Waals surface area contributed by atoms with E-state index < -0.39 is 0 Å². The molecule has 4 N–H and O–H groups in total. The summed E-state index contributed by atoms with van der Waals surface area (Å²) in [5, 5.41) is 6.17. The summed E-state index contributed by atoms with van der Waals surface area (Å²) in [5.41, 5.74) is 10.3. The van der Waals surface area contributed by atoms with E-state index in [2.05, 4.69) is 20.2 Å². The van der Waals surface area contributed by atoms with Crippen LogP contribution in [0.5, 0.6) is 0 Å². The van der Waals surface area contributed by atoms with Crippen molar-refractivity contribution in [2.75, 3.05) is 30.1 Å². The Morgan fingerprint density at radius 2 is 1.77 bits per heavy atom. The summed E-state index contributed by atoms with van der Waals surface area (Å²) in [5.74, 6) is 0.509. The van der Waals surface area contributed by atoms with Crippen molar-refractivity contribution in [2.45, 2.75) is 6.54 Å². The van der Waals surface area contributed by atoms with E-state index in [1.165, 1.54) is 0 Å². The van der Waals surface area contributed by atoms with E-state index in [4.69, 9.17) is 10.5 Å². The lowest BCUT2D eigenvalue weighted by atomic mass is 10.2. The lowest BCUT2D eigenvalue weighted by molar-refractivity contribution is 0.102. The van der Waals surface area contributed by atoms with Gasteiger partial charge in [-0.15, -0.1) is 0 Å². The van der Waals surface area contributed by atoms with Crippen LogP contribution in [0, 0.1) is 0 Å². The summed E-state index contributed by atoms with van der Waals surface area (Å²) in [6.45, 7) is 1.26. The molecule has 7 heteroatoms. The van der Waals surface area contributed by atoms with Crippen molar-refractivity contribution in [1.82, 2.24) is 9.55 Å². The topological polar surface area (TPSA) is 94.2 Å². The zero-order valence-electron chi connectivity index (χ0n) is 16.6. The summed E-state index contributed by atoms with van der Waals surface area (Å²) >= 11 is 0. The summed E-state index contributed by atoms with van der Waals surface area (Å²) < 4.78 is 7.32. The molecule has 0 spiro atoms. The lowest BCUT2D eigenvalue weighted by Gasteiger charge is -2.11. The van der Waals surface area contributed by atoms with Crippen molar-refractivity contribution in [3.05, 3.63) is 78.4 Å². The van der Waals surface area contributed by atoms with Crippen molar-refractivity contribution >= 4 is 40.0 Å². The summed E-state index contributed by atoms with van der Waals surface area (Å²) in [6.07, 6.45) is 0. The number of anilines is 4. The van der Waals surface area contributed by atoms with Crippen molar-refractivity contribution < 1.29 is 9.53 Å². The number of rotatable bonds is 7. The number of nitrogens with one attached hydrogen (secondary N) is 2. The third-order valence-corrected chi connectivity index (χ3v) is 4.79. The SMILES string of the molecule is COCCn1c(Nc2ccc(C(=O)Nc3ccccc3N)cc2)nc2ccccc21. The number of benzene rings is 3. The highest BCUT2D eigenvalue weighted by Gasteiger charge is 2.12. The number of nitrogen functional groups attached to an aromatic ring is 1. The lowest BCUT2D eigenvalue weighted by Crippen LogP contribution is -2.13. The molecular weight excluding hydrogens is 378 g/mol. The first kappa shape index (κ1) is 19.5. The highest BCUT2D eigenvalue weighted by atomic mass is 16.5. The van der Waals surface area contributed by atoms with E-state index in [-0.39, 0.29) is 5.91 Å². The smallest absolute Gasteiger partial charge is 0.255 e. The van der Waals surface area contributed by atoms with E-state index in [0.717, 1.165) is 22.7 Å². The van der Waals surface area contributed by atoms with Crippen LogP contribution in [-0.4, -0.2) is 29.2 Å². The molecule has 1 amide bonds. The number of amides is 1. The van der Waals surface area contributed by atoms with Gasteiger partial charge in [-0.3, -0.25) is 4.79 Å². The van der Waals surface area contributed by atoms with Gasteiger partial charge in [-0.1, -0.05) is 24.3 Å². The zero-order valence-corrected chi connectivity index (χ0v) is 16.6. The van der Waals surface area contributed by atoms with Gasteiger partial charge in [0.05, 0.1) is 29.0 Å². The number of nitrogens with two attached hydrogens (primary N) is 1. The van der Waals surface area contributed by atoms with Crippen molar-refractivity contribution in [3.8, 4) is 0 Å². The fourth-order valence-electron chi connectivity index (χ4n) is 3.22.